The molecule has 82 valence electrons. The molecule has 0 atom stereocenters. The van der Waals surface area contributed by atoms with Crippen molar-refractivity contribution in [3.63, 3.8) is 0 Å². The quantitative estimate of drug-likeness (QED) is 0.781. The van der Waals surface area contributed by atoms with Crippen LogP contribution in [-0.2, 0) is 0 Å². The largest absolute Gasteiger partial charge is 0.337 e. The van der Waals surface area contributed by atoms with Gasteiger partial charge >= 0.3 is 0 Å². The second-order valence-electron chi connectivity index (χ2n) is 3.71. The summed E-state index contributed by atoms with van der Waals surface area (Å²) in [5.74, 6) is 2.21. The van der Waals surface area contributed by atoms with Crippen LogP contribution >= 0.6 is 11.8 Å². The van der Waals surface area contributed by atoms with E-state index in [1.54, 1.807) is 0 Å². The molecule has 1 aromatic rings. The molecule has 1 aromatic heterocycles. The summed E-state index contributed by atoms with van der Waals surface area (Å²) >= 11 is 1.90. The molecule has 15 heavy (non-hydrogen) atoms. The van der Waals surface area contributed by atoms with Crippen LogP contribution in [0.5, 0.6) is 0 Å². The van der Waals surface area contributed by atoms with Gasteiger partial charge in [-0.15, -0.1) is 0 Å². The smallest absolute Gasteiger partial charge is 0.257 e. The van der Waals surface area contributed by atoms with Crippen molar-refractivity contribution in [3.8, 4) is 0 Å². The lowest BCUT2D eigenvalue weighted by molar-refractivity contribution is 0.0771. The van der Waals surface area contributed by atoms with Gasteiger partial charge in [-0.2, -0.15) is 16.9 Å². The van der Waals surface area contributed by atoms with Gasteiger partial charge in [-0.25, -0.2) is 0 Å². The summed E-state index contributed by atoms with van der Waals surface area (Å²) in [5, 5.41) is 6.91. The molecule has 1 amide bonds. The molecular formula is C10H15N3OS. The van der Waals surface area contributed by atoms with Crippen LogP contribution in [0.4, 0.5) is 0 Å². The number of aromatic amines is 1. The van der Waals surface area contributed by atoms with Gasteiger partial charge in [-0.05, 0) is 13.8 Å². The molecule has 1 fully saturated rings. The van der Waals surface area contributed by atoms with Crippen LogP contribution in [0.1, 0.15) is 21.7 Å². The van der Waals surface area contributed by atoms with Crippen LogP contribution in [0, 0.1) is 13.8 Å². The minimum Gasteiger partial charge on any atom is -0.337 e. The number of aromatic nitrogens is 2. The number of carbonyl (C=O) groups excluding carboxylic acids is 1. The Hall–Kier alpha value is -0.970. The molecule has 0 bridgehead atoms. The first-order valence-corrected chi connectivity index (χ1v) is 6.24. The number of amides is 1. The Morgan fingerprint density at radius 1 is 1.40 bits per heavy atom. The Labute approximate surface area is 93.4 Å². The van der Waals surface area contributed by atoms with Crippen LogP contribution in [0.2, 0.25) is 0 Å². The molecule has 0 radical (unpaired) electrons. The third kappa shape index (κ3) is 2.02. The first-order chi connectivity index (χ1) is 7.20. The minimum atomic E-state index is 0.124. The summed E-state index contributed by atoms with van der Waals surface area (Å²) in [6, 6.07) is 0. The highest BCUT2D eigenvalue weighted by Crippen LogP contribution is 2.16. The second-order valence-corrected chi connectivity index (χ2v) is 4.94. The number of nitrogens with one attached hydrogen (secondary N) is 1. The zero-order chi connectivity index (χ0) is 10.8. The predicted octanol–water partition coefficient (Wildman–Crippen LogP) is 1.22. The van der Waals surface area contributed by atoms with Crippen molar-refractivity contribution in [2.24, 2.45) is 0 Å². The maximum absolute atomic E-state index is 12.2. The van der Waals surface area contributed by atoms with E-state index in [2.05, 4.69) is 10.2 Å². The molecule has 1 aliphatic rings. The van der Waals surface area contributed by atoms with Gasteiger partial charge in [0.15, 0.2) is 0 Å². The van der Waals surface area contributed by atoms with Crippen molar-refractivity contribution in [2.75, 3.05) is 24.6 Å². The number of nitrogens with zero attached hydrogens (tertiary/aromatic N) is 2. The van der Waals surface area contributed by atoms with Crippen molar-refractivity contribution >= 4 is 17.7 Å². The lowest BCUT2D eigenvalue weighted by Crippen LogP contribution is -2.38. The highest BCUT2D eigenvalue weighted by Gasteiger charge is 2.22. The Balaban J connectivity index is 2.19. The highest BCUT2D eigenvalue weighted by atomic mass is 32.2. The lowest BCUT2D eigenvalue weighted by Gasteiger charge is -2.26. The van der Waals surface area contributed by atoms with E-state index >= 15 is 0 Å². The van der Waals surface area contributed by atoms with Gasteiger partial charge < -0.3 is 4.90 Å². The van der Waals surface area contributed by atoms with Crippen LogP contribution in [0.25, 0.3) is 0 Å². The number of hydrogen-bond acceptors (Lipinski definition) is 3. The third-order valence-corrected chi connectivity index (χ3v) is 3.58. The number of thioether (sulfide) groups is 1. The first kappa shape index (κ1) is 10.5. The number of H-pyrrole nitrogens is 1. The Morgan fingerprint density at radius 2 is 2.07 bits per heavy atom. The molecule has 0 spiro atoms. The number of aryl methyl sites for hydroxylation is 2. The average molecular weight is 225 g/mol. The summed E-state index contributed by atoms with van der Waals surface area (Å²) in [6.07, 6.45) is 0. The van der Waals surface area contributed by atoms with E-state index in [-0.39, 0.29) is 5.91 Å². The average Bonchev–Trinajstić information content (AvgIpc) is 2.59. The van der Waals surface area contributed by atoms with E-state index in [9.17, 15) is 4.79 Å². The van der Waals surface area contributed by atoms with Crippen molar-refractivity contribution in [2.45, 2.75) is 13.8 Å². The summed E-state index contributed by atoms with van der Waals surface area (Å²) < 4.78 is 0. The zero-order valence-electron chi connectivity index (χ0n) is 9.04. The topological polar surface area (TPSA) is 49.0 Å². The zero-order valence-corrected chi connectivity index (χ0v) is 9.86. The lowest BCUT2D eigenvalue weighted by atomic mass is 10.1. The standard InChI is InChI=1S/C10H15N3OS/c1-7-9(8(2)12-11-7)10(14)13-3-5-15-6-4-13/h3-6H2,1-2H3,(H,11,12). The van der Waals surface area contributed by atoms with Gasteiger partial charge in [-0.3, -0.25) is 9.89 Å². The molecule has 4 nitrogen and oxygen atoms in total. The van der Waals surface area contributed by atoms with Gasteiger partial charge in [0.1, 0.15) is 0 Å². The minimum absolute atomic E-state index is 0.124. The van der Waals surface area contributed by atoms with Gasteiger partial charge in [0.05, 0.1) is 11.3 Å². The summed E-state index contributed by atoms with van der Waals surface area (Å²) in [7, 11) is 0. The van der Waals surface area contributed by atoms with Crippen LogP contribution in [0.3, 0.4) is 0 Å². The monoisotopic (exact) mass is 225 g/mol. The molecule has 0 saturated carbocycles. The SMILES string of the molecule is Cc1n[nH]c(C)c1C(=O)N1CCSCC1. The molecule has 0 unspecified atom stereocenters. The van der Waals surface area contributed by atoms with Crippen molar-refractivity contribution in [1.29, 1.82) is 0 Å². The molecule has 5 heteroatoms. The molecule has 2 heterocycles. The van der Waals surface area contributed by atoms with E-state index < -0.39 is 0 Å². The van der Waals surface area contributed by atoms with Gasteiger partial charge in [-0.1, -0.05) is 0 Å². The highest BCUT2D eigenvalue weighted by molar-refractivity contribution is 7.99. The molecule has 1 aliphatic heterocycles. The summed E-state index contributed by atoms with van der Waals surface area (Å²) in [5.41, 5.74) is 2.42. The second kappa shape index (κ2) is 4.26. The Bertz CT molecular complexity index is 349. The van der Waals surface area contributed by atoms with Crippen LogP contribution < -0.4 is 0 Å². The first-order valence-electron chi connectivity index (χ1n) is 5.08. The Morgan fingerprint density at radius 3 is 2.60 bits per heavy atom. The molecular weight excluding hydrogens is 210 g/mol. The van der Waals surface area contributed by atoms with Gasteiger partial charge in [0.2, 0.25) is 0 Å². The van der Waals surface area contributed by atoms with Crippen molar-refractivity contribution in [1.82, 2.24) is 15.1 Å². The fraction of sp³-hybridized carbons (Fsp3) is 0.600. The van der Waals surface area contributed by atoms with E-state index in [0.29, 0.717) is 0 Å². The molecule has 1 saturated heterocycles. The molecule has 2 rings (SSSR count). The van der Waals surface area contributed by atoms with Crippen LogP contribution in [0.15, 0.2) is 0 Å². The maximum Gasteiger partial charge on any atom is 0.257 e. The normalized spacial score (nSPS) is 16.8. The molecule has 0 aliphatic carbocycles. The van der Waals surface area contributed by atoms with E-state index in [0.717, 1.165) is 41.5 Å². The van der Waals surface area contributed by atoms with Gasteiger partial charge in [0, 0.05) is 30.3 Å². The third-order valence-electron chi connectivity index (χ3n) is 2.64. The number of carbonyl (C=O) groups is 1. The van der Waals surface area contributed by atoms with Crippen LogP contribution in [-0.4, -0.2) is 45.6 Å². The predicted molar refractivity (Wildman–Crippen MR) is 61.3 cm³/mol. The van der Waals surface area contributed by atoms with E-state index in [4.69, 9.17) is 0 Å². The molecule has 1 N–H and O–H groups in total. The fourth-order valence-electron chi connectivity index (χ4n) is 1.79. The Kier molecular flexibility index (Phi) is 3.00. The maximum atomic E-state index is 12.2. The number of hydrogen-bond donors (Lipinski definition) is 1. The van der Waals surface area contributed by atoms with Crippen molar-refractivity contribution < 1.29 is 4.79 Å². The van der Waals surface area contributed by atoms with E-state index in [1.807, 2.05) is 30.5 Å². The summed E-state index contributed by atoms with van der Waals surface area (Å²) in [6.45, 7) is 5.47. The van der Waals surface area contributed by atoms with Crippen molar-refractivity contribution in [3.05, 3.63) is 17.0 Å². The number of rotatable bonds is 1. The fourth-order valence-corrected chi connectivity index (χ4v) is 2.69. The molecule has 0 aromatic carbocycles. The summed E-state index contributed by atoms with van der Waals surface area (Å²) in [4.78, 5) is 14.1. The van der Waals surface area contributed by atoms with E-state index in [1.165, 1.54) is 0 Å². The van der Waals surface area contributed by atoms with Gasteiger partial charge in [0.25, 0.3) is 5.91 Å².